The van der Waals surface area contributed by atoms with E-state index in [0.717, 1.165) is 11.3 Å². The Morgan fingerprint density at radius 3 is 2.73 bits per heavy atom. The number of carbonyl (C=O) groups is 1. The Morgan fingerprint density at radius 1 is 1.82 bits per heavy atom. The number of carboxylic acid groups (broad SMARTS) is 1. The SMILES string of the molecule is C=C(C)CSC[C@H]([NH3+])C(=O)[O-]. The van der Waals surface area contributed by atoms with Gasteiger partial charge in [0, 0.05) is 5.75 Å². The predicted octanol–water partition coefficient (Wildman–Crippen LogP) is -1.34. The van der Waals surface area contributed by atoms with Crippen molar-refractivity contribution in [3.05, 3.63) is 12.2 Å². The largest absolute Gasteiger partial charge is 0.544 e. The molecule has 0 aliphatic carbocycles. The van der Waals surface area contributed by atoms with Gasteiger partial charge in [0.25, 0.3) is 0 Å². The summed E-state index contributed by atoms with van der Waals surface area (Å²) in [5.41, 5.74) is 4.46. The molecule has 0 bridgehead atoms. The molecular formula is C7H13NO2S. The van der Waals surface area contributed by atoms with Gasteiger partial charge in [-0.05, 0) is 6.92 Å². The number of carbonyl (C=O) groups excluding carboxylic acids is 1. The Labute approximate surface area is 70.7 Å². The Kier molecular flexibility index (Phi) is 4.98. The van der Waals surface area contributed by atoms with E-state index in [2.05, 4.69) is 12.3 Å². The molecule has 0 heterocycles. The molecule has 3 N–H and O–H groups in total. The van der Waals surface area contributed by atoms with Crippen molar-refractivity contribution in [1.82, 2.24) is 0 Å². The normalized spacial score (nSPS) is 12.5. The van der Waals surface area contributed by atoms with Crippen LogP contribution in [-0.4, -0.2) is 23.5 Å². The molecule has 0 aromatic rings. The molecule has 0 rings (SSSR count). The van der Waals surface area contributed by atoms with E-state index < -0.39 is 12.0 Å². The van der Waals surface area contributed by atoms with E-state index in [9.17, 15) is 9.90 Å². The highest BCUT2D eigenvalue weighted by atomic mass is 32.2. The molecule has 0 aliphatic heterocycles. The number of rotatable bonds is 5. The lowest BCUT2D eigenvalue weighted by molar-refractivity contribution is -0.431. The van der Waals surface area contributed by atoms with Crippen molar-refractivity contribution in [3.8, 4) is 0 Å². The average molecular weight is 175 g/mol. The molecule has 0 radical (unpaired) electrons. The minimum absolute atomic E-state index is 0.495. The molecule has 0 saturated heterocycles. The van der Waals surface area contributed by atoms with Crippen molar-refractivity contribution in [2.24, 2.45) is 0 Å². The maximum Gasteiger partial charge on any atom is 0.134 e. The van der Waals surface area contributed by atoms with Gasteiger partial charge < -0.3 is 15.6 Å². The van der Waals surface area contributed by atoms with Gasteiger partial charge in [-0.3, -0.25) is 0 Å². The first kappa shape index (κ1) is 10.5. The van der Waals surface area contributed by atoms with E-state index in [1.807, 2.05) is 6.92 Å². The van der Waals surface area contributed by atoms with Crippen molar-refractivity contribution in [2.45, 2.75) is 13.0 Å². The van der Waals surface area contributed by atoms with Gasteiger partial charge >= 0.3 is 0 Å². The topological polar surface area (TPSA) is 67.8 Å². The summed E-state index contributed by atoms with van der Waals surface area (Å²) in [6, 6.07) is -0.612. The number of thioether (sulfide) groups is 1. The maximum absolute atomic E-state index is 10.2. The first-order valence-corrected chi connectivity index (χ1v) is 4.45. The third-order valence-corrected chi connectivity index (χ3v) is 2.34. The van der Waals surface area contributed by atoms with E-state index >= 15 is 0 Å². The van der Waals surface area contributed by atoms with Crippen molar-refractivity contribution in [3.63, 3.8) is 0 Å². The van der Waals surface area contributed by atoms with E-state index in [1.165, 1.54) is 11.8 Å². The zero-order valence-corrected chi connectivity index (χ0v) is 7.45. The molecule has 0 aromatic carbocycles. The molecule has 3 nitrogen and oxygen atoms in total. The highest BCUT2D eigenvalue weighted by Gasteiger charge is 2.05. The van der Waals surface area contributed by atoms with Crippen LogP contribution in [0.5, 0.6) is 0 Å². The van der Waals surface area contributed by atoms with Gasteiger partial charge in [-0.15, -0.1) is 0 Å². The fraction of sp³-hybridized carbons (Fsp3) is 0.571. The molecule has 1 atom stereocenters. The van der Waals surface area contributed by atoms with E-state index in [4.69, 9.17) is 0 Å². The van der Waals surface area contributed by atoms with Crippen LogP contribution in [0.2, 0.25) is 0 Å². The maximum atomic E-state index is 10.2. The molecule has 0 spiro atoms. The van der Waals surface area contributed by atoms with Gasteiger partial charge in [0.1, 0.15) is 6.04 Å². The number of hydrogen-bond acceptors (Lipinski definition) is 3. The summed E-state index contributed by atoms with van der Waals surface area (Å²) < 4.78 is 0. The van der Waals surface area contributed by atoms with Crippen LogP contribution in [0, 0.1) is 0 Å². The second-order valence-corrected chi connectivity index (χ2v) is 3.52. The zero-order valence-electron chi connectivity index (χ0n) is 6.63. The summed E-state index contributed by atoms with van der Waals surface area (Å²) in [5.74, 6) is 0.202. The molecular weight excluding hydrogens is 162 g/mol. The van der Waals surface area contributed by atoms with Crippen molar-refractivity contribution >= 4 is 17.7 Å². The second-order valence-electron chi connectivity index (χ2n) is 2.49. The third-order valence-electron chi connectivity index (χ3n) is 1.00. The fourth-order valence-electron chi connectivity index (χ4n) is 0.443. The molecule has 0 unspecified atom stereocenters. The monoisotopic (exact) mass is 175 g/mol. The lowest BCUT2D eigenvalue weighted by Gasteiger charge is -2.07. The zero-order chi connectivity index (χ0) is 8.85. The van der Waals surface area contributed by atoms with Gasteiger partial charge in [-0.25, -0.2) is 0 Å². The van der Waals surface area contributed by atoms with Crippen molar-refractivity contribution in [1.29, 1.82) is 0 Å². The van der Waals surface area contributed by atoms with Crippen molar-refractivity contribution < 1.29 is 15.6 Å². The molecule has 0 fully saturated rings. The Hall–Kier alpha value is -0.480. The standard InChI is InChI=1S/C7H13NO2S/c1-5(2)3-11-4-6(8)7(9)10/h6H,1,3-4,8H2,2H3,(H,9,10)/t6-/m0/s1. The van der Waals surface area contributed by atoms with Gasteiger partial charge in [0.2, 0.25) is 0 Å². The number of carboxylic acids is 1. The lowest BCUT2D eigenvalue weighted by atomic mass is 10.4. The molecule has 4 heteroatoms. The van der Waals surface area contributed by atoms with E-state index in [1.54, 1.807) is 0 Å². The number of quaternary nitrogens is 1. The predicted molar refractivity (Wildman–Crippen MR) is 43.8 cm³/mol. The lowest BCUT2D eigenvalue weighted by Crippen LogP contribution is -2.69. The summed E-state index contributed by atoms with van der Waals surface area (Å²) in [6.07, 6.45) is 0. The molecule has 64 valence electrons. The molecule has 0 aliphatic rings. The van der Waals surface area contributed by atoms with Crippen LogP contribution in [0.1, 0.15) is 6.92 Å². The molecule has 0 aromatic heterocycles. The van der Waals surface area contributed by atoms with Crippen LogP contribution in [-0.2, 0) is 4.79 Å². The minimum atomic E-state index is -1.08. The Morgan fingerprint density at radius 2 is 2.36 bits per heavy atom. The fourth-order valence-corrected chi connectivity index (χ4v) is 1.33. The summed E-state index contributed by atoms with van der Waals surface area (Å²) in [5, 5.41) is 10.2. The summed E-state index contributed by atoms with van der Waals surface area (Å²) in [6.45, 7) is 5.60. The van der Waals surface area contributed by atoms with Gasteiger partial charge in [-0.1, -0.05) is 12.2 Å². The summed E-state index contributed by atoms with van der Waals surface area (Å²) in [7, 11) is 0. The second kappa shape index (κ2) is 5.21. The summed E-state index contributed by atoms with van der Waals surface area (Å²) >= 11 is 1.51. The van der Waals surface area contributed by atoms with E-state index in [0.29, 0.717) is 5.75 Å². The Balaban J connectivity index is 3.39. The highest BCUT2D eigenvalue weighted by Crippen LogP contribution is 2.05. The molecule has 0 amide bonds. The third kappa shape index (κ3) is 5.94. The summed E-state index contributed by atoms with van der Waals surface area (Å²) in [4.78, 5) is 10.2. The molecule has 0 saturated carbocycles. The Bertz CT molecular complexity index is 159. The smallest absolute Gasteiger partial charge is 0.134 e. The van der Waals surface area contributed by atoms with Gasteiger partial charge in [0.15, 0.2) is 0 Å². The number of aliphatic carboxylic acids is 1. The van der Waals surface area contributed by atoms with Crippen LogP contribution < -0.4 is 10.8 Å². The first-order chi connectivity index (χ1) is 5.04. The average Bonchev–Trinajstić information content (AvgIpc) is 1.86. The number of hydrogen-bond donors (Lipinski definition) is 1. The quantitative estimate of drug-likeness (QED) is 0.526. The van der Waals surface area contributed by atoms with Crippen LogP contribution in [0.4, 0.5) is 0 Å². The molecule has 11 heavy (non-hydrogen) atoms. The van der Waals surface area contributed by atoms with E-state index in [-0.39, 0.29) is 0 Å². The highest BCUT2D eigenvalue weighted by molar-refractivity contribution is 7.99. The van der Waals surface area contributed by atoms with Crippen LogP contribution in [0.3, 0.4) is 0 Å². The first-order valence-electron chi connectivity index (χ1n) is 3.30. The minimum Gasteiger partial charge on any atom is -0.544 e. The van der Waals surface area contributed by atoms with Crippen LogP contribution in [0.15, 0.2) is 12.2 Å². The van der Waals surface area contributed by atoms with Crippen molar-refractivity contribution in [2.75, 3.05) is 11.5 Å². The van der Waals surface area contributed by atoms with Crippen LogP contribution >= 0.6 is 11.8 Å². The van der Waals surface area contributed by atoms with Gasteiger partial charge in [-0.2, -0.15) is 11.8 Å². The van der Waals surface area contributed by atoms with Gasteiger partial charge in [0.05, 0.1) is 11.7 Å². The van der Waals surface area contributed by atoms with Crippen LogP contribution in [0.25, 0.3) is 0 Å².